The number of anilines is 1. The van der Waals surface area contributed by atoms with E-state index in [2.05, 4.69) is 15.4 Å². The van der Waals surface area contributed by atoms with Crippen molar-refractivity contribution in [3.05, 3.63) is 57.8 Å². The molecule has 3 aromatic rings. The fourth-order valence-corrected chi connectivity index (χ4v) is 3.33. The quantitative estimate of drug-likeness (QED) is 0.689. The number of aryl methyl sites for hydroxylation is 2. The number of para-hydroxylation sites is 2. The van der Waals surface area contributed by atoms with Gasteiger partial charge in [0.25, 0.3) is 0 Å². The van der Waals surface area contributed by atoms with E-state index in [-0.39, 0.29) is 5.91 Å². The Kier molecular flexibility index (Phi) is 5.68. The Labute approximate surface area is 156 Å². The van der Waals surface area contributed by atoms with Gasteiger partial charge < -0.3 is 10.1 Å². The van der Waals surface area contributed by atoms with Crippen LogP contribution in [0.5, 0.6) is 5.75 Å². The molecule has 6 nitrogen and oxygen atoms in total. The van der Waals surface area contributed by atoms with Crippen LogP contribution in [0.3, 0.4) is 0 Å². The van der Waals surface area contributed by atoms with Crippen LogP contribution in [0.25, 0.3) is 0 Å². The lowest BCUT2D eigenvalue weighted by Gasteiger charge is -2.12. The Balaban J connectivity index is 1.60. The first-order chi connectivity index (χ1) is 12.5. The second kappa shape index (κ2) is 8.14. The van der Waals surface area contributed by atoms with Gasteiger partial charge in [0.1, 0.15) is 12.4 Å². The normalized spacial score (nSPS) is 10.7. The van der Waals surface area contributed by atoms with Crippen molar-refractivity contribution >= 4 is 22.9 Å². The standard InChI is InChI=1S/C19H22N4O2S/c1-13-16(14(2)23(3)22-13)8-9-19(24)21-17-6-4-5-7-18(17)25-10-15-11-26-12-20-15/h4-7,11-12H,8-10H2,1-3H3,(H,21,24). The van der Waals surface area contributed by atoms with Crippen LogP contribution in [0.1, 0.15) is 29.1 Å². The third-order valence-electron chi connectivity index (χ3n) is 4.28. The molecule has 0 atom stereocenters. The number of ether oxygens (including phenoxy) is 1. The van der Waals surface area contributed by atoms with Gasteiger partial charge in [-0.2, -0.15) is 5.10 Å². The molecule has 0 fully saturated rings. The highest BCUT2D eigenvalue weighted by atomic mass is 32.1. The van der Waals surface area contributed by atoms with Crippen molar-refractivity contribution in [2.24, 2.45) is 7.05 Å². The largest absolute Gasteiger partial charge is 0.485 e. The third kappa shape index (κ3) is 4.29. The number of hydrogen-bond acceptors (Lipinski definition) is 5. The van der Waals surface area contributed by atoms with Crippen LogP contribution in [0.4, 0.5) is 5.69 Å². The fraction of sp³-hybridized carbons (Fsp3) is 0.316. The lowest BCUT2D eigenvalue weighted by atomic mass is 10.1. The van der Waals surface area contributed by atoms with Crippen LogP contribution in [-0.4, -0.2) is 20.7 Å². The van der Waals surface area contributed by atoms with Crippen LogP contribution < -0.4 is 10.1 Å². The highest BCUT2D eigenvalue weighted by Crippen LogP contribution is 2.25. The summed E-state index contributed by atoms with van der Waals surface area (Å²) in [5.74, 6) is 0.597. The number of thiazole rings is 1. The van der Waals surface area contributed by atoms with E-state index in [0.29, 0.717) is 30.9 Å². The lowest BCUT2D eigenvalue weighted by Crippen LogP contribution is -2.13. The maximum atomic E-state index is 12.4. The maximum Gasteiger partial charge on any atom is 0.224 e. The predicted molar refractivity (Wildman–Crippen MR) is 103 cm³/mol. The number of nitrogens with one attached hydrogen (secondary N) is 1. The zero-order valence-electron chi connectivity index (χ0n) is 15.2. The van der Waals surface area contributed by atoms with E-state index in [1.807, 2.05) is 55.2 Å². The summed E-state index contributed by atoms with van der Waals surface area (Å²) in [6.45, 7) is 4.38. The summed E-state index contributed by atoms with van der Waals surface area (Å²) >= 11 is 1.53. The van der Waals surface area contributed by atoms with Crippen molar-refractivity contribution in [2.75, 3.05) is 5.32 Å². The van der Waals surface area contributed by atoms with E-state index in [4.69, 9.17) is 4.74 Å². The van der Waals surface area contributed by atoms with Gasteiger partial charge in [0, 0.05) is 24.5 Å². The van der Waals surface area contributed by atoms with E-state index >= 15 is 0 Å². The molecule has 0 unspecified atom stereocenters. The first-order valence-corrected chi connectivity index (χ1v) is 9.36. The fourth-order valence-electron chi connectivity index (χ4n) is 2.79. The van der Waals surface area contributed by atoms with Crippen molar-refractivity contribution in [3.63, 3.8) is 0 Å². The SMILES string of the molecule is Cc1nn(C)c(C)c1CCC(=O)Nc1ccccc1OCc1cscn1. The van der Waals surface area contributed by atoms with Crippen LogP contribution in [0, 0.1) is 13.8 Å². The van der Waals surface area contributed by atoms with Crippen LogP contribution in [-0.2, 0) is 24.9 Å². The smallest absolute Gasteiger partial charge is 0.224 e. The van der Waals surface area contributed by atoms with Crippen LogP contribution in [0.15, 0.2) is 35.2 Å². The summed E-state index contributed by atoms with van der Waals surface area (Å²) in [5, 5.41) is 9.29. The maximum absolute atomic E-state index is 12.4. The molecule has 0 aliphatic carbocycles. The molecule has 0 spiro atoms. The Hall–Kier alpha value is -2.67. The summed E-state index contributed by atoms with van der Waals surface area (Å²) in [7, 11) is 1.92. The molecule has 3 rings (SSSR count). The molecule has 0 aliphatic rings. The van der Waals surface area contributed by atoms with E-state index in [9.17, 15) is 4.79 Å². The van der Waals surface area contributed by atoms with Crippen molar-refractivity contribution in [1.82, 2.24) is 14.8 Å². The number of carbonyl (C=O) groups excluding carboxylic acids is 1. The molecule has 0 radical (unpaired) electrons. The number of nitrogens with zero attached hydrogens (tertiary/aromatic N) is 3. The molecule has 26 heavy (non-hydrogen) atoms. The van der Waals surface area contributed by atoms with Gasteiger partial charge >= 0.3 is 0 Å². The highest BCUT2D eigenvalue weighted by Gasteiger charge is 2.13. The summed E-state index contributed by atoms with van der Waals surface area (Å²) in [5.41, 5.74) is 6.53. The molecule has 1 amide bonds. The molecular weight excluding hydrogens is 348 g/mol. The van der Waals surface area contributed by atoms with E-state index in [1.165, 1.54) is 11.3 Å². The predicted octanol–water partition coefficient (Wildman–Crippen LogP) is 3.64. The number of amides is 1. The van der Waals surface area contributed by atoms with Gasteiger partial charge in [-0.15, -0.1) is 11.3 Å². The highest BCUT2D eigenvalue weighted by molar-refractivity contribution is 7.07. The van der Waals surface area contributed by atoms with Gasteiger partial charge in [-0.25, -0.2) is 4.98 Å². The average Bonchev–Trinajstić information content (AvgIpc) is 3.22. The van der Waals surface area contributed by atoms with Gasteiger partial charge in [-0.3, -0.25) is 9.48 Å². The Morgan fingerprint density at radius 1 is 1.31 bits per heavy atom. The zero-order valence-corrected chi connectivity index (χ0v) is 16.0. The van der Waals surface area contributed by atoms with Gasteiger partial charge in [0.05, 0.1) is 22.6 Å². The van der Waals surface area contributed by atoms with E-state index in [0.717, 1.165) is 22.6 Å². The van der Waals surface area contributed by atoms with Crippen molar-refractivity contribution in [3.8, 4) is 5.75 Å². The van der Waals surface area contributed by atoms with Gasteiger partial charge in [0.15, 0.2) is 0 Å². The number of aromatic nitrogens is 3. The number of hydrogen-bond donors (Lipinski definition) is 1. The summed E-state index contributed by atoms with van der Waals surface area (Å²) < 4.78 is 7.65. The van der Waals surface area contributed by atoms with Crippen LogP contribution in [0.2, 0.25) is 0 Å². The molecule has 7 heteroatoms. The molecule has 0 aliphatic heterocycles. The van der Waals surface area contributed by atoms with Crippen LogP contribution >= 0.6 is 11.3 Å². The monoisotopic (exact) mass is 370 g/mol. The average molecular weight is 370 g/mol. The van der Waals surface area contributed by atoms with E-state index < -0.39 is 0 Å². The summed E-state index contributed by atoms with van der Waals surface area (Å²) in [6, 6.07) is 7.45. The molecule has 0 saturated heterocycles. The minimum Gasteiger partial charge on any atom is -0.485 e. The van der Waals surface area contributed by atoms with Crippen molar-refractivity contribution in [1.29, 1.82) is 0 Å². The van der Waals surface area contributed by atoms with Gasteiger partial charge in [0.2, 0.25) is 5.91 Å². The minimum absolute atomic E-state index is 0.0441. The Morgan fingerprint density at radius 3 is 2.81 bits per heavy atom. The summed E-state index contributed by atoms with van der Waals surface area (Å²) in [6.07, 6.45) is 1.06. The molecule has 1 N–H and O–H groups in total. The zero-order chi connectivity index (χ0) is 18.5. The number of carbonyl (C=O) groups is 1. The summed E-state index contributed by atoms with van der Waals surface area (Å²) in [4.78, 5) is 16.6. The first-order valence-electron chi connectivity index (χ1n) is 8.42. The molecule has 136 valence electrons. The second-order valence-corrected chi connectivity index (χ2v) is 6.80. The number of benzene rings is 1. The molecule has 2 heterocycles. The lowest BCUT2D eigenvalue weighted by molar-refractivity contribution is -0.116. The van der Waals surface area contributed by atoms with Gasteiger partial charge in [-0.05, 0) is 38.0 Å². The molecule has 2 aromatic heterocycles. The molecule has 0 saturated carbocycles. The van der Waals surface area contributed by atoms with Crippen molar-refractivity contribution < 1.29 is 9.53 Å². The molecule has 1 aromatic carbocycles. The van der Waals surface area contributed by atoms with Crippen molar-refractivity contribution in [2.45, 2.75) is 33.3 Å². The molecule has 0 bridgehead atoms. The second-order valence-electron chi connectivity index (χ2n) is 6.09. The Bertz CT molecular complexity index is 887. The first kappa shape index (κ1) is 18.1. The van der Waals surface area contributed by atoms with E-state index in [1.54, 1.807) is 5.51 Å². The molecular formula is C19H22N4O2S. The van der Waals surface area contributed by atoms with Gasteiger partial charge in [-0.1, -0.05) is 12.1 Å². The minimum atomic E-state index is -0.0441. The topological polar surface area (TPSA) is 69.0 Å². The third-order valence-corrected chi connectivity index (χ3v) is 4.92. The number of rotatable bonds is 7. The Morgan fingerprint density at radius 2 is 2.12 bits per heavy atom.